The predicted molar refractivity (Wildman–Crippen MR) is 65.7 cm³/mol. The van der Waals surface area contributed by atoms with Crippen LogP contribution in [-0.2, 0) is 16.0 Å². The van der Waals surface area contributed by atoms with Crippen LogP contribution in [-0.4, -0.2) is 18.5 Å². The minimum absolute atomic E-state index is 0.114. The molecule has 0 aliphatic carbocycles. The van der Waals surface area contributed by atoms with Gasteiger partial charge in [-0.3, -0.25) is 4.79 Å². The van der Waals surface area contributed by atoms with Crippen molar-refractivity contribution in [3.8, 4) is 0 Å². The molecule has 0 radical (unpaired) electrons. The molecule has 0 unspecified atom stereocenters. The van der Waals surface area contributed by atoms with E-state index in [0.29, 0.717) is 6.42 Å². The molecule has 2 heteroatoms. The van der Waals surface area contributed by atoms with Crippen molar-refractivity contribution in [2.45, 2.75) is 40.2 Å². The van der Waals surface area contributed by atoms with Crippen LogP contribution in [0.2, 0.25) is 0 Å². The normalized spacial score (nSPS) is 10.8. The monoisotopic (exact) mass is 220 g/mol. The van der Waals surface area contributed by atoms with E-state index in [2.05, 4.69) is 18.2 Å². The molecule has 0 atom stereocenters. The first-order valence-corrected chi connectivity index (χ1v) is 5.68. The second-order valence-corrected chi connectivity index (χ2v) is 4.57. The topological polar surface area (TPSA) is 26.3 Å². The smallest absolute Gasteiger partial charge is 0.162 e. The molecule has 0 amide bonds. The number of aryl methyl sites for hydroxylation is 2. The molecular weight excluding hydrogens is 200 g/mol. The lowest BCUT2D eigenvalue weighted by molar-refractivity contribution is -0.124. The maximum absolute atomic E-state index is 11.6. The highest BCUT2D eigenvalue weighted by atomic mass is 16.5. The Kier molecular flexibility index (Phi) is 4.69. The summed E-state index contributed by atoms with van der Waals surface area (Å²) < 4.78 is 5.29. The van der Waals surface area contributed by atoms with Gasteiger partial charge in [0, 0.05) is 6.42 Å². The third-order valence-corrected chi connectivity index (χ3v) is 2.26. The van der Waals surface area contributed by atoms with E-state index < -0.39 is 0 Å². The molecule has 1 rings (SSSR count). The fourth-order valence-electron chi connectivity index (χ4n) is 1.71. The molecule has 0 aliphatic rings. The van der Waals surface area contributed by atoms with Crippen LogP contribution in [0.4, 0.5) is 0 Å². The van der Waals surface area contributed by atoms with Gasteiger partial charge in [-0.25, -0.2) is 0 Å². The second-order valence-electron chi connectivity index (χ2n) is 4.57. The second kappa shape index (κ2) is 5.80. The summed E-state index contributed by atoms with van der Waals surface area (Å²) in [6.07, 6.45) is 0.582. The molecule has 1 aromatic rings. The number of hydrogen-bond donors (Lipinski definition) is 0. The largest absolute Gasteiger partial charge is 0.371 e. The zero-order valence-electron chi connectivity index (χ0n) is 10.5. The van der Waals surface area contributed by atoms with Gasteiger partial charge in [0.1, 0.15) is 6.61 Å². The third-order valence-electron chi connectivity index (χ3n) is 2.26. The van der Waals surface area contributed by atoms with Crippen LogP contribution in [0.15, 0.2) is 18.2 Å². The van der Waals surface area contributed by atoms with Crippen LogP contribution >= 0.6 is 0 Å². The van der Waals surface area contributed by atoms with Gasteiger partial charge in [-0.1, -0.05) is 29.3 Å². The summed E-state index contributed by atoms with van der Waals surface area (Å²) in [6, 6.07) is 6.22. The average Bonchev–Trinajstić information content (AvgIpc) is 2.12. The zero-order valence-corrected chi connectivity index (χ0v) is 10.5. The number of Topliss-reactive ketones (excluding diaryl/α,β-unsaturated/α-hetero) is 1. The molecule has 16 heavy (non-hydrogen) atoms. The summed E-state index contributed by atoms with van der Waals surface area (Å²) in [5.74, 6) is 0.138. The van der Waals surface area contributed by atoms with Crippen LogP contribution in [0.25, 0.3) is 0 Å². The molecule has 0 heterocycles. The van der Waals surface area contributed by atoms with E-state index in [1.165, 1.54) is 11.1 Å². The number of hydrogen-bond acceptors (Lipinski definition) is 2. The first kappa shape index (κ1) is 12.9. The van der Waals surface area contributed by atoms with E-state index in [1.807, 2.05) is 27.7 Å². The van der Waals surface area contributed by atoms with Crippen molar-refractivity contribution in [1.82, 2.24) is 0 Å². The Morgan fingerprint density at radius 2 is 1.75 bits per heavy atom. The van der Waals surface area contributed by atoms with Crippen LogP contribution in [0.1, 0.15) is 30.5 Å². The number of carbonyl (C=O) groups is 1. The minimum atomic E-state index is 0.114. The van der Waals surface area contributed by atoms with Gasteiger partial charge in [0.05, 0.1) is 6.10 Å². The van der Waals surface area contributed by atoms with E-state index in [4.69, 9.17) is 4.74 Å². The molecule has 0 bridgehead atoms. The SMILES string of the molecule is Cc1cc(C)cc(CC(=O)COC(C)C)c1. The number of carbonyl (C=O) groups excluding carboxylic acids is 1. The van der Waals surface area contributed by atoms with Crippen molar-refractivity contribution in [1.29, 1.82) is 0 Å². The van der Waals surface area contributed by atoms with E-state index in [9.17, 15) is 4.79 Å². The molecule has 0 spiro atoms. The van der Waals surface area contributed by atoms with E-state index in [0.717, 1.165) is 5.56 Å². The lowest BCUT2D eigenvalue weighted by atomic mass is 10.0. The molecule has 0 saturated heterocycles. The number of benzene rings is 1. The fourth-order valence-corrected chi connectivity index (χ4v) is 1.71. The Labute approximate surface area is 97.6 Å². The Morgan fingerprint density at radius 1 is 1.19 bits per heavy atom. The van der Waals surface area contributed by atoms with Crippen LogP contribution in [0.5, 0.6) is 0 Å². The summed E-state index contributed by atoms with van der Waals surface area (Å²) in [6.45, 7) is 8.18. The molecular formula is C14H20O2. The van der Waals surface area contributed by atoms with Crippen LogP contribution in [0, 0.1) is 13.8 Å². The van der Waals surface area contributed by atoms with E-state index >= 15 is 0 Å². The fraction of sp³-hybridized carbons (Fsp3) is 0.500. The quantitative estimate of drug-likeness (QED) is 0.762. The van der Waals surface area contributed by atoms with Crippen molar-refractivity contribution in [3.63, 3.8) is 0 Å². The van der Waals surface area contributed by atoms with Crippen LogP contribution < -0.4 is 0 Å². The highest BCUT2D eigenvalue weighted by molar-refractivity contribution is 5.82. The lowest BCUT2D eigenvalue weighted by Crippen LogP contribution is -2.15. The Morgan fingerprint density at radius 3 is 2.25 bits per heavy atom. The van der Waals surface area contributed by atoms with Crippen molar-refractivity contribution < 1.29 is 9.53 Å². The minimum Gasteiger partial charge on any atom is -0.371 e. The van der Waals surface area contributed by atoms with Gasteiger partial charge in [0.2, 0.25) is 0 Å². The van der Waals surface area contributed by atoms with Gasteiger partial charge in [-0.2, -0.15) is 0 Å². The number of ketones is 1. The number of rotatable bonds is 5. The maximum atomic E-state index is 11.6. The average molecular weight is 220 g/mol. The van der Waals surface area contributed by atoms with Gasteiger partial charge < -0.3 is 4.74 Å². The Bertz CT molecular complexity index is 347. The van der Waals surface area contributed by atoms with Crippen molar-refractivity contribution in [2.24, 2.45) is 0 Å². The van der Waals surface area contributed by atoms with Gasteiger partial charge in [0.25, 0.3) is 0 Å². The van der Waals surface area contributed by atoms with Gasteiger partial charge >= 0.3 is 0 Å². The molecule has 0 aliphatic heterocycles. The van der Waals surface area contributed by atoms with E-state index in [1.54, 1.807) is 0 Å². The Balaban J connectivity index is 2.56. The first-order valence-electron chi connectivity index (χ1n) is 5.68. The molecule has 0 N–H and O–H groups in total. The highest BCUT2D eigenvalue weighted by Gasteiger charge is 2.06. The zero-order chi connectivity index (χ0) is 12.1. The summed E-state index contributed by atoms with van der Waals surface area (Å²) in [7, 11) is 0. The van der Waals surface area contributed by atoms with E-state index in [-0.39, 0.29) is 18.5 Å². The van der Waals surface area contributed by atoms with Gasteiger partial charge in [-0.15, -0.1) is 0 Å². The highest BCUT2D eigenvalue weighted by Crippen LogP contribution is 2.09. The summed E-state index contributed by atoms with van der Waals surface area (Å²) in [4.78, 5) is 11.6. The molecule has 88 valence electrons. The van der Waals surface area contributed by atoms with Crippen molar-refractivity contribution in [2.75, 3.05) is 6.61 Å². The standard InChI is InChI=1S/C14H20O2/c1-10(2)16-9-14(15)8-13-6-11(3)5-12(4)7-13/h5-7,10H,8-9H2,1-4H3. The first-order chi connectivity index (χ1) is 7.47. The Hall–Kier alpha value is -1.15. The predicted octanol–water partition coefficient (Wildman–Crippen LogP) is 2.84. The summed E-state index contributed by atoms with van der Waals surface area (Å²) >= 11 is 0. The van der Waals surface area contributed by atoms with Gasteiger partial charge in [0.15, 0.2) is 5.78 Å². The number of ether oxygens (including phenoxy) is 1. The third kappa shape index (κ3) is 4.58. The molecule has 0 saturated carbocycles. The van der Waals surface area contributed by atoms with Crippen molar-refractivity contribution in [3.05, 3.63) is 34.9 Å². The summed E-state index contributed by atoms with van der Waals surface area (Å²) in [5.41, 5.74) is 3.48. The molecule has 2 nitrogen and oxygen atoms in total. The van der Waals surface area contributed by atoms with Crippen LogP contribution in [0.3, 0.4) is 0 Å². The molecule has 1 aromatic carbocycles. The molecule has 0 aromatic heterocycles. The lowest BCUT2D eigenvalue weighted by Gasteiger charge is -2.07. The molecule has 0 fully saturated rings. The van der Waals surface area contributed by atoms with Gasteiger partial charge in [-0.05, 0) is 33.3 Å². The maximum Gasteiger partial charge on any atom is 0.162 e. The van der Waals surface area contributed by atoms with Crippen molar-refractivity contribution >= 4 is 5.78 Å². The summed E-state index contributed by atoms with van der Waals surface area (Å²) in [5, 5.41) is 0.